The average Bonchev–Trinajstić information content (AvgIpc) is 3.62. The van der Waals surface area contributed by atoms with E-state index in [0.29, 0.717) is 6.54 Å². The maximum Gasteiger partial charge on any atom is 0.230 e. The third-order valence-corrected chi connectivity index (χ3v) is 11.8. The molecule has 1 saturated heterocycles. The number of rotatable bonds is 3. The van der Waals surface area contributed by atoms with E-state index in [1.54, 1.807) is 0 Å². The molecule has 4 unspecified atom stereocenters. The molecular formula is C46H41N7. The van der Waals surface area contributed by atoms with Gasteiger partial charge in [-0.15, -0.1) is 0 Å². The Morgan fingerprint density at radius 1 is 0.811 bits per heavy atom. The summed E-state index contributed by atoms with van der Waals surface area (Å²) in [4.78, 5) is 20.4. The van der Waals surface area contributed by atoms with Crippen LogP contribution in [0.5, 0.6) is 0 Å². The van der Waals surface area contributed by atoms with E-state index >= 15 is 0 Å². The Kier molecular flexibility index (Phi) is 7.09. The smallest absolute Gasteiger partial charge is 0.230 e. The van der Waals surface area contributed by atoms with E-state index < -0.39 is 0 Å². The number of benzene rings is 4. The summed E-state index contributed by atoms with van der Waals surface area (Å²) in [6, 6.07) is 40.4. The predicted octanol–water partition coefficient (Wildman–Crippen LogP) is 8.54. The first-order valence-corrected chi connectivity index (χ1v) is 18.5. The molecular weight excluding hydrogens is 651 g/mol. The van der Waals surface area contributed by atoms with E-state index in [2.05, 4.69) is 162 Å². The van der Waals surface area contributed by atoms with Crippen molar-refractivity contribution >= 4 is 40.7 Å². The molecule has 1 aromatic heterocycles. The Morgan fingerprint density at radius 2 is 1.53 bits per heavy atom. The quantitative estimate of drug-likeness (QED) is 0.206. The van der Waals surface area contributed by atoms with Crippen molar-refractivity contribution in [3.63, 3.8) is 0 Å². The maximum absolute atomic E-state index is 5.25. The molecule has 0 amide bonds. The van der Waals surface area contributed by atoms with Gasteiger partial charge in [-0.3, -0.25) is 4.57 Å². The van der Waals surface area contributed by atoms with Gasteiger partial charge in [0, 0.05) is 59.1 Å². The second-order valence-corrected chi connectivity index (χ2v) is 15.0. The minimum absolute atomic E-state index is 0.190. The summed E-state index contributed by atoms with van der Waals surface area (Å²) in [7, 11) is 2.09. The molecule has 1 fully saturated rings. The second-order valence-electron chi connectivity index (χ2n) is 15.0. The van der Waals surface area contributed by atoms with Gasteiger partial charge in [0.1, 0.15) is 17.8 Å². The maximum atomic E-state index is 5.25. The number of aromatic nitrogens is 1. The molecule has 4 atom stereocenters. The molecule has 7 heteroatoms. The van der Waals surface area contributed by atoms with Gasteiger partial charge in [-0.1, -0.05) is 127 Å². The minimum atomic E-state index is -0.265. The third kappa shape index (κ3) is 4.76. The zero-order chi connectivity index (χ0) is 35.7. The highest BCUT2D eigenvalue weighted by molar-refractivity contribution is 6.06. The Morgan fingerprint density at radius 3 is 2.28 bits per heavy atom. The first-order chi connectivity index (χ1) is 25.9. The number of nitrogens with one attached hydrogen (secondary N) is 1. The van der Waals surface area contributed by atoms with Crippen molar-refractivity contribution in [1.29, 1.82) is 0 Å². The molecule has 3 aliphatic heterocycles. The average molecular weight is 692 g/mol. The van der Waals surface area contributed by atoms with Crippen molar-refractivity contribution in [3.8, 4) is 0 Å². The fourth-order valence-corrected chi connectivity index (χ4v) is 9.46. The van der Waals surface area contributed by atoms with Crippen molar-refractivity contribution in [2.24, 2.45) is 20.9 Å². The fourth-order valence-electron chi connectivity index (χ4n) is 9.46. The zero-order valence-electron chi connectivity index (χ0n) is 30.2. The van der Waals surface area contributed by atoms with Crippen molar-refractivity contribution in [2.75, 3.05) is 18.5 Å². The third-order valence-electron chi connectivity index (χ3n) is 11.8. The van der Waals surface area contributed by atoms with Crippen molar-refractivity contribution in [2.45, 2.75) is 37.5 Å². The number of anilines is 1. The lowest BCUT2D eigenvalue weighted by atomic mass is 9.74. The summed E-state index contributed by atoms with van der Waals surface area (Å²) in [5.74, 6) is 2.77. The molecule has 4 aromatic carbocycles. The van der Waals surface area contributed by atoms with Gasteiger partial charge in [0.2, 0.25) is 5.96 Å². The monoisotopic (exact) mass is 691 g/mol. The number of amidine groups is 1. The summed E-state index contributed by atoms with van der Waals surface area (Å²) in [6.07, 6.45) is 14.3. The summed E-state index contributed by atoms with van der Waals surface area (Å²) < 4.78 is 2.32. The number of allylic oxidation sites excluding steroid dienone is 2. The van der Waals surface area contributed by atoms with Gasteiger partial charge in [-0.05, 0) is 43.2 Å². The largest absolute Gasteiger partial charge is 0.352 e. The Labute approximate surface area is 310 Å². The molecule has 0 saturated carbocycles. The Bertz CT molecular complexity index is 2480. The zero-order valence-corrected chi connectivity index (χ0v) is 30.2. The number of para-hydroxylation sites is 2. The number of hydrogen-bond acceptors (Lipinski definition) is 6. The first-order valence-electron chi connectivity index (χ1n) is 18.5. The van der Waals surface area contributed by atoms with Crippen LogP contribution in [0.25, 0.3) is 17.0 Å². The summed E-state index contributed by atoms with van der Waals surface area (Å²) in [5.41, 5.74) is 9.07. The minimum Gasteiger partial charge on any atom is -0.352 e. The van der Waals surface area contributed by atoms with Crippen molar-refractivity contribution in [1.82, 2.24) is 14.8 Å². The predicted molar refractivity (Wildman–Crippen MR) is 217 cm³/mol. The first kappa shape index (κ1) is 31.5. The lowest BCUT2D eigenvalue weighted by molar-refractivity contribution is 0.291. The van der Waals surface area contributed by atoms with Gasteiger partial charge in [-0.2, -0.15) is 0 Å². The summed E-state index contributed by atoms with van der Waals surface area (Å²) in [6.45, 7) is 5.31. The molecule has 10 rings (SSSR count). The topological polar surface area (TPSA) is 60.5 Å². The van der Waals surface area contributed by atoms with E-state index in [9.17, 15) is 0 Å². The van der Waals surface area contributed by atoms with E-state index in [1.165, 1.54) is 27.9 Å². The van der Waals surface area contributed by atoms with E-state index in [-0.39, 0.29) is 23.2 Å². The van der Waals surface area contributed by atoms with E-state index in [1.807, 2.05) is 30.5 Å². The summed E-state index contributed by atoms with van der Waals surface area (Å²) in [5, 5.41) is 4.89. The highest BCUT2D eigenvalue weighted by Gasteiger charge is 2.59. The van der Waals surface area contributed by atoms with Gasteiger partial charge >= 0.3 is 0 Å². The van der Waals surface area contributed by atoms with Gasteiger partial charge in [0.15, 0.2) is 0 Å². The number of aliphatic imine (C=N–C) groups is 3. The van der Waals surface area contributed by atoms with Crippen LogP contribution in [0.2, 0.25) is 0 Å². The van der Waals surface area contributed by atoms with E-state index in [0.717, 1.165) is 46.3 Å². The van der Waals surface area contributed by atoms with Crippen LogP contribution in [0, 0.1) is 5.92 Å². The van der Waals surface area contributed by atoms with Crippen LogP contribution in [0.4, 0.5) is 5.69 Å². The molecule has 2 aliphatic carbocycles. The number of hydrogen-bond donors (Lipinski definition) is 1. The second kappa shape index (κ2) is 11.9. The van der Waals surface area contributed by atoms with Crippen LogP contribution in [0.1, 0.15) is 42.4 Å². The number of fused-ring (bicyclic) bond motifs is 6. The molecule has 4 heterocycles. The van der Waals surface area contributed by atoms with Gasteiger partial charge < -0.3 is 15.1 Å². The summed E-state index contributed by atoms with van der Waals surface area (Å²) >= 11 is 0. The van der Waals surface area contributed by atoms with E-state index in [4.69, 9.17) is 15.0 Å². The fraction of sp³-hybridized carbons (Fsp3) is 0.196. The highest BCUT2D eigenvalue weighted by atomic mass is 15.4. The molecule has 5 aliphatic rings. The van der Waals surface area contributed by atoms with Crippen molar-refractivity contribution < 1.29 is 0 Å². The number of nitrogens with zero attached hydrogens (tertiary/aromatic N) is 6. The molecule has 0 radical (unpaired) electrons. The van der Waals surface area contributed by atoms with Gasteiger partial charge in [0.05, 0.1) is 23.1 Å². The molecule has 260 valence electrons. The molecule has 7 nitrogen and oxygen atoms in total. The van der Waals surface area contributed by atoms with Crippen LogP contribution >= 0.6 is 0 Å². The van der Waals surface area contributed by atoms with Gasteiger partial charge in [-0.25, -0.2) is 15.0 Å². The molecule has 0 spiro atoms. The molecule has 5 aromatic rings. The van der Waals surface area contributed by atoms with Gasteiger partial charge in [0.25, 0.3) is 0 Å². The Balaban J connectivity index is 1.07. The molecule has 0 bridgehead atoms. The highest BCUT2D eigenvalue weighted by Crippen LogP contribution is 2.57. The lowest BCUT2D eigenvalue weighted by Crippen LogP contribution is -2.54. The Hall–Kier alpha value is -6.21. The van der Waals surface area contributed by atoms with Crippen molar-refractivity contribution in [3.05, 3.63) is 179 Å². The van der Waals surface area contributed by atoms with Crippen LogP contribution < -0.4 is 10.2 Å². The lowest BCUT2D eigenvalue weighted by Gasteiger charge is -2.46. The molecule has 53 heavy (non-hydrogen) atoms. The normalized spacial score (nSPS) is 27.1. The van der Waals surface area contributed by atoms with Crippen LogP contribution in [0.3, 0.4) is 0 Å². The van der Waals surface area contributed by atoms with Crippen LogP contribution in [0.15, 0.2) is 172 Å². The van der Waals surface area contributed by atoms with Crippen LogP contribution in [-0.2, 0) is 6.42 Å². The molecule has 1 N–H and O–H groups in total. The standard InChI is InChI=1S/C46H41N7/c1-45-26-16-15-24-37(45)38-27-36-35-23-13-14-25-39(35)52(40(36)28-46(38,2)53(45)34-21-11-6-12-22-34)44-47-29-33(30-48-44)43-50-41(31-17-7-4-8-18-31)49-42(51(43)3)32-19-9-5-10-20-32/h4-27,29,37,42H,28,30H2,1-3H3,(H,49,50). The SMILES string of the molecule is CN1C(=C2C=NC(n3c4c(c5ccccc53)C=C3C5C=CC=CC5(C)N(c5ccccc5)C3(C)C4)=NC2)NC(c2ccccc2)=NC1c1ccccc1. The van der Waals surface area contributed by atoms with Crippen LogP contribution in [-0.4, -0.2) is 52.1 Å².